The molecule has 1 amide bonds. The highest BCUT2D eigenvalue weighted by Crippen LogP contribution is 2.14. The lowest BCUT2D eigenvalue weighted by atomic mass is 10.1. The molecule has 0 atom stereocenters. The van der Waals surface area contributed by atoms with Crippen molar-refractivity contribution in [1.82, 2.24) is 14.9 Å². The van der Waals surface area contributed by atoms with Crippen LogP contribution < -0.4 is 9.64 Å². The fraction of sp³-hybridized carbons (Fsp3) is 0.353. The Morgan fingerprint density at radius 3 is 2.35 bits per heavy atom. The van der Waals surface area contributed by atoms with Gasteiger partial charge in [-0.25, -0.2) is 9.97 Å². The van der Waals surface area contributed by atoms with Crippen molar-refractivity contribution in [1.29, 1.82) is 0 Å². The first kappa shape index (κ1) is 15.3. The van der Waals surface area contributed by atoms with Gasteiger partial charge in [0, 0.05) is 38.6 Å². The number of hydrogen-bond donors (Lipinski definition) is 0. The molecule has 0 spiro atoms. The van der Waals surface area contributed by atoms with E-state index in [-0.39, 0.29) is 5.91 Å². The lowest BCUT2D eigenvalue weighted by molar-refractivity contribution is -0.130. The molecule has 0 unspecified atom stereocenters. The third kappa shape index (κ3) is 3.77. The van der Waals surface area contributed by atoms with Gasteiger partial charge in [0.1, 0.15) is 5.75 Å². The molecule has 3 rings (SSSR count). The number of rotatable bonds is 4. The average Bonchev–Trinajstić information content (AvgIpc) is 2.63. The molecular weight excluding hydrogens is 292 g/mol. The molecule has 1 aliphatic heterocycles. The van der Waals surface area contributed by atoms with Gasteiger partial charge in [0.05, 0.1) is 13.5 Å². The molecule has 0 N–H and O–H groups in total. The van der Waals surface area contributed by atoms with Crippen LogP contribution in [0.3, 0.4) is 0 Å². The highest BCUT2D eigenvalue weighted by Gasteiger charge is 2.22. The van der Waals surface area contributed by atoms with Crippen LogP contribution in [0.5, 0.6) is 5.75 Å². The van der Waals surface area contributed by atoms with Crippen LogP contribution in [0.2, 0.25) is 0 Å². The van der Waals surface area contributed by atoms with Crippen LogP contribution in [-0.2, 0) is 11.2 Å². The third-order valence-electron chi connectivity index (χ3n) is 3.98. The predicted molar refractivity (Wildman–Crippen MR) is 87.5 cm³/mol. The summed E-state index contributed by atoms with van der Waals surface area (Å²) in [6.45, 7) is 2.93. The summed E-state index contributed by atoms with van der Waals surface area (Å²) in [6.07, 6.45) is 3.90. The molecule has 1 saturated heterocycles. The maximum atomic E-state index is 12.4. The maximum Gasteiger partial charge on any atom is 0.227 e. The molecule has 1 fully saturated rings. The lowest BCUT2D eigenvalue weighted by Crippen LogP contribution is -2.49. The second kappa shape index (κ2) is 7.09. The summed E-state index contributed by atoms with van der Waals surface area (Å²) in [5, 5.41) is 0. The van der Waals surface area contributed by atoms with Crippen molar-refractivity contribution in [2.75, 3.05) is 38.2 Å². The van der Waals surface area contributed by atoms with Crippen LogP contribution in [0.1, 0.15) is 5.56 Å². The van der Waals surface area contributed by atoms with Crippen LogP contribution >= 0.6 is 0 Å². The van der Waals surface area contributed by atoms with E-state index in [2.05, 4.69) is 14.9 Å². The molecule has 0 aliphatic carbocycles. The van der Waals surface area contributed by atoms with E-state index < -0.39 is 0 Å². The summed E-state index contributed by atoms with van der Waals surface area (Å²) in [6, 6.07) is 9.44. The average molecular weight is 312 g/mol. The highest BCUT2D eigenvalue weighted by molar-refractivity contribution is 5.79. The number of benzene rings is 1. The molecule has 6 nitrogen and oxygen atoms in total. The van der Waals surface area contributed by atoms with E-state index in [1.165, 1.54) is 0 Å². The molecule has 2 heterocycles. The largest absolute Gasteiger partial charge is 0.497 e. The van der Waals surface area contributed by atoms with Crippen molar-refractivity contribution in [3.8, 4) is 5.75 Å². The minimum atomic E-state index is 0.156. The van der Waals surface area contributed by atoms with E-state index >= 15 is 0 Å². The summed E-state index contributed by atoms with van der Waals surface area (Å²) in [5.41, 5.74) is 1.00. The zero-order chi connectivity index (χ0) is 16.1. The Morgan fingerprint density at radius 2 is 1.74 bits per heavy atom. The standard InChI is InChI=1S/C17H20N4O2/c1-23-15-5-3-14(4-6-15)13-16(22)20-9-11-21(12-10-20)17-18-7-2-8-19-17/h2-8H,9-13H2,1H3. The second-order valence-corrected chi connectivity index (χ2v) is 5.44. The maximum absolute atomic E-state index is 12.4. The smallest absolute Gasteiger partial charge is 0.227 e. The monoisotopic (exact) mass is 312 g/mol. The fourth-order valence-corrected chi connectivity index (χ4v) is 2.64. The quantitative estimate of drug-likeness (QED) is 0.853. The minimum absolute atomic E-state index is 0.156. The van der Waals surface area contributed by atoms with Gasteiger partial charge in [-0.3, -0.25) is 4.79 Å². The van der Waals surface area contributed by atoms with Crippen LogP contribution in [0, 0.1) is 0 Å². The van der Waals surface area contributed by atoms with Crippen molar-refractivity contribution >= 4 is 11.9 Å². The summed E-state index contributed by atoms with van der Waals surface area (Å²) in [5.74, 6) is 1.69. The van der Waals surface area contributed by atoms with E-state index in [1.54, 1.807) is 25.6 Å². The van der Waals surface area contributed by atoms with E-state index in [1.807, 2.05) is 29.2 Å². The molecule has 23 heavy (non-hydrogen) atoms. The molecule has 1 aliphatic rings. The number of amides is 1. The predicted octanol–water partition coefficient (Wildman–Crippen LogP) is 1.38. The van der Waals surface area contributed by atoms with Gasteiger partial charge in [0.15, 0.2) is 0 Å². The Hall–Kier alpha value is -2.63. The molecule has 6 heteroatoms. The first-order valence-corrected chi connectivity index (χ1v) is 7.69. The molecule has 0 bridgehead atoms. The fourth-order valence-electron chi connectivity index (χ4n) is 2.64. The highest BCUT2D eigenvalue weighted by atomic mass is 16.5. The van der Waals surface area contributed by atoms with Crippen LogP contribution in [0.15, 0.2) is 42.7 Å². The zero-order valence-electron chi connectivity index (χ0n) is 13.2. The van der Waals surface area contributed by atoms with Crippen LogP contribution in [0.25, 0.3) is 0 Å². The number of hydrogen-bond acceptors (Lipinski definition) is 5. The first-order valence-electron chi connectivity index (χ1n) is 7.69. The van der Waals surface area contributed by atoms with Gasteiger partial charge >= 0.3 is 0 Å². The Balaban J connectivity index is 1.53. The van der Waals surface area contributed by atoms with E-state index in [9.17, 15) is 4.79 Å². The van der Waals surface area contributed by atoms with Crippen molar-refractivity contribution in [3.05, 3.63) is 48.3 Å². The number of carbonyl (C=O) groups is 1. The van der Waals surface area contributed by atoms with Crippen LogP contribution in [0.4, 0.5) is 5.95 Å². The Labute approximate surface area is 135 Å². The van der Waals surface area contributed by atoms with E-state index in [0.29, 0.717) is 19.5 Å². The Bertz CT molecular complexity index is 637. The van der Waals surface area contributed by atoms with Gasteiger partial charge in [-0.05, 0) is 23.8 Å². The molecule has 0 saturated carbocycles. The lowest BCUT2D eigenvalue weighted by Gasteiger charge is -2.34. The first-order chi connectivity index (χ1) is 11.3. The number of methoxy groups -OCH3 is 1. The summed E-state index contributed by atoms with van der Waals surface area (Å²) in [7, 11) is 1.64. The number of aromatic nitrogens is 2. The molecule has 1 aromatic carbocycles. The van der Waals surface area contributed by atoms with Crippen molar-refractivity contribution in [3.63, 3.8) is 0 Å². The summed E-state index contributed by atoms with van der Waals surface area (Å²) in [4.78, 5) is 24.9. The van der Waals surface area contributed by atoms with Gasteiger partial charge in [-0.2, -0.15) is 0 Å². The SMILES string of the molecule is COc1ccc(CC(=O)N2CCN(c3ncccn3)CC2)cc1. The summed E-state index contributed by atoms with van der Waals surface area (Å²) < 4.78 is 5.13. The Kier molecular flexibility index (Phi) is 4.71. The second-order valence-electron chi connectivity index (χ2n) is 5.44. The van der Waals surface area contributed by atoms with Crippen molar-refractivity contribution < 1.29 is 9.53 Å². The zero-order valence-corrected chi connectivity index (χ0v) is 13.2. The Morgan fingerprint density at radius 1 is 1.09 bits per heavy atom. The molecular formula is C17H20N4O2. The van der Waals surface area contributed by atoms with Gasteiger partial charge in [0.25, 0.3) is 0 Å². The van der Waals surface area contributed by atoms with Crippen LogP contribution in [-0.4, -0.2) is 54.1 Å². The van der Waals surface area contributed by atoms with E-state index in [4.69, 9.17) is 4.74 Å². The van der Waals surface area contributed by atoms with Gasteiger partial charge < -0.3 is 14.5 Å². The molecule has 0 radical (unpaired) electrons. The van der Waals surface area contributed by atoms with Gasteiger partial charge in [-0.1, -0.05) is 12.1 Å². The number of ether oxygens (including phenoxy) is 1. The molecule has 120 valence electrons. The number of anilines is 1. The number of carbonyl (C=O) groups excluding carboxylic acids is 1. The minimum Gasteiger partial charge on any atom is -0.497 e. The third-order valence-corrected chi connectivity index (χ3v) is 3.98. The number of piperazine rings is 1. The molecule has 1 aromatic heterocycles. The van der Waals surface area contributed by atoms with Crippen molar-refractivity contribution in [2.45, 2.75) is 6.42 Å². The molecule has 2 aromatic rings. The van der Waals surface area contributed by atoms with Crippen molar-refractivity contribution in [2.24, 2.45) is 0 Å². The van der Waals surface area contributed by atoms with E-state index in [0.717, 1.165) is 30.4 Å². The van der Waals surface area contributed by atoms with Gasteiger partial charge in [-0.15, -0.1) is 0 Å². The summed E-state index contributed by atoms with van der Waals surface area (Å²) >= 11 is 0. The van der Waals surface area contributed by atoms with Gasteiger partial charge in [0.2, 0.25) is 11.9 Å². The number of nitrogens with zero attached hydrogens (tertiary/aromatic N) is 4. The normalized spacial score (nSPS) is 14.7. The topological polar surface area (TPSA) is 58.6 Å².